The Kier molecular flexibility index (Phi) is 7.03. The van der Waals surface area contributed by atoms with Crippen molar-refractivity contribution >= 4 is 33.2 Å². The Balaban J connectivity index is 2.51. The van der Waals surface area contributed by atoms with E-state index in [0.29, 0.717) is 19.6 Å². The van der Waals surface area contributed by atoms with Crippen LogP contribution in [0, 0.1) is 6.92 Å². The largest absolute Gasteiger partial charge is 0.308 e. The molecule has 27 heavy (non-hydrogen) atoms. The molecule has 5 nitrogen and oxygen atoms in total. The second-order valence-corrected chi connectivity index (χ2v) is 8.38. The van der Waals surface area contributed by atoms with E-state index in [-0.39, 0.29) is 21.4 Å². The molecule has 0 unspecified atom stereocenters. The number of benzene rings is 2. The minimum absolute atomic E-state index is 0.0421. The topological polar surface area (TPSA) is 57.7 Å². The number of hydrogen-bond acceptors (Lipinski definition) is 3. The molecular formula is C20H25ClN2O3S. The lowest BCUT2D eigenvalue weighted by Gasteiger charge is -2.24. The molecule has 0 bridgehead atoms. The van der Waals surface area contributed by atoms with Gasteiger partial charge in [-0.3, -0.25) is 4.79 Å². The Labute approximate surface area is 166 Å². The van der Waals surface area contributed by atoms with E-state index in [1.54, 1.807) is 24.8 Å². The highest BCUT2D eigenvalue weighted by Crippen LogP contribution is 2.28. The highest BCUT2D eigenvalue weighted by molar-refractivity contribution is 7.89. The number of nitrogens with zero attached hydrogens (tertiary/aromatic N) is 2. The van der Waals surface area contributed by atoms with Gasteiger partial charge in [-0.2, -0.15) is 4.31 Å². The third kappa shape index (κ3) is 4.34. The van der Waals surface area contributed by atoms with Gasteiger partial charge in [0.2, 0.25) is 10.0 Å². The molecule has 0 radical (unpaired) electrons. The fraction of sp³-hybridized carbons (Fsp3) is 0.350. The molecule has 0 saturated carbocycles. The molecule has 2 aromatic rings. The van der Waals surface area contributed by atoms with E-state index in [2.05, 4.69) is 0 Å². The third-order valence-corrected chi connectivity index (χ3v) is 7.00. The van der Waals surface area contributed by atoms with Gasteiger partial charge in [0.1, 0.15) is 4.90 Å². The maximum atomic E-state index is 13.1. The lowest BCUT2D eigenvalue weighted by molar-refractivity contribution is 0.0988. The highest BCUT2D eigenvalue weighted by Gasteiger charge is 2.27. The van der Waals surface area contributed by atoms with E-state index in [9.17, 15) is 13.2 Å². The first-order valence-electron chi connectivity index (χ1n) is 8.95. The van der Waals surface area contributed by atoms with Crippen molar-refractivity contribution in [2.75, 3.05) is 24.5 Å². The van der Waals surface area contributed by atoms with Crippen LogP contribution in [0.2, 0.25) is 5.02 Å². The van der Waals surface area contributed by atoms with Gasteiger partial charge in [-0.25, -0.2) is 8.42 Å². The Morgan fingerprint density at radius 3 is 2.19 bits per heavy atom. The summed E-state index contributed by atoms with van der Waals surface area (Å²) in [7, 11) is -3.76. The molecule has 7 heteroatoms. The van der Waals surface area contributed by atoms with Crippen LogP contribution in [0.15, 0.2) is 47.4 Å². The average molecular weight is 409 g/mol. The fourth-order valence-electron chi connectivity index (χ4n) is 2.98. The maximum absolute atomic E-state index is 13.1. The Morgan fingerprint density at radius 2 is 1.63 bits per heavy atom. The van der Waals surface area contributed by atoms with Gasteiger partial charge in [-0.1, -0.05) is 43.6 Å². The first-order chi connectivity index (χ1) is 12.8. The summed E-state index contributed by atoms with van der Waals surface area (Å²) in [6.07, 6.45) is 0. The summed E-state index contributed by atoms with van der Waals surface area (Å²) in [5, 5.41) is 0.109. The molecule has 0 aliphatic rings. The molecule has 0 aliphatic heterocycles. The standard InChI is InChI=1S/C20H25ClN2O3S/c1-5-22(6-2)27(25,26)19-14-16(12-13-17(19)21)20(24)23(7-3)18-11-9-8-10-15(18)4/h8-14H,5-7H2,1-4H3. The smallest absolute Gasteiger partial charge is 0.258 e. The summed E-state index contributed by atoms with van der Waals surface area (Å²) < 4.78 is 27.1. The van der Waals surface area contributed by atoms with Gasteiger partial charge >= 0.3 is 0 Å². The van der Waals surface area contributed by atoms with Crippen LogP contribution in [-0.4, -0.2) is 38.3 Å². The summed E-state index contributed by atoms with van der Waals surface area (Å²) in [5.41, 5.74) is 2.06. The molecule has 0 fully saturated rings. The van der Waals surface area contributed by atoms with Crippen molar-refractivity contribution < 1.29 is 13.2 Å². The molecular weight excluding hydrogens is 384 g/mol. The Morgan fingerprint density at radius 1 is 1.00 bits per heavy atom. The highest BCUT2D eigenvalue weighted by atomic mass is 35.5. The van der Waals surface area contributed by atoms with E-state index in [4.69, 9.17) is 11.6 Å². The van der Waals surface area contributed by atoms with Crippen molar-refractivity contribution in [1.29, 1.82) is 0 Å². The second-order valence-electron chi connectivity index (χ2n) is 6.07. The van der Waals surface area contributed by atoms with E-state index >= 15 is 0 Å². The summed E-state index contributed by atoms with van der Waals surface area (Å²) in [6, 6.07) is 12.0. The van der Waals surface area contributed by atoms with Crippen molar-refractivity contribution in [2.24, 2.45) is 0 Å². The van der Waals surface area contributed by atoms with Crippen LogP contribution in [-0.2, 0) is 10.0 Å². The van der Waals surface area contributed by atoms with Crippen LogP contribution in [0.3, 0.4) is 0 Å². The fourth-order valence-corrected chi connectivity index (χ4v) is 4.94. The normalized spacial score (nSPS) is 11.6. The van der Waals surface area contributed by atoms with Crippen molar-refractivity contribution in [3.63, 3.8) is 0 Å². The number of amides is 1. The molecule has 146 valence electrons. The zero-order valence-electron chi connectivity index (χ0n) is 16.1. The summed E-state index contributed by atoms with van der Waals surface area (Å²) in [5.74, 6) is -0.264. The zero-order valence-corrected chi connectivity index (χ0v) is 17.6. The van der Waals surface area contributed by atoms with E-state index < -0.39 is 10.0 Å². The van der Waals surface area contributed by atoms with E-state index in [1.807, 2.05) is 38.1 Å². The first kappa shape index (κ1) is 21.4. The predicted molar refractivity (Wildman–Crippen MR) is 110 cm³/mol. The number of anilines is 1. The molecule has 0 N–H and O–H groups in total. The van der Waals surface area contributed by atoms with Gasteiger partial charge < -0.3 is 4.90 Å². The van der Waals surface area contributed by atoms with Gasteiger partial charge in [-0.15, -0.1) is 0 Å². The molecule has 0 aliphatic carbocycles. The molecule has 0 aromatic heterocycles. The SMILES string of the molecule is CCN(C(=O)c1ccc(Cl)c(S(=O)(=O)N(CC)CC)c1)c1ccccc1C. The quantitative estimate of drug-likeness (QED) is 0.684. The Hall–Kier alpha value is -1.89. The molecule has 2 rings (SSSR count). The summed E-state index contributed by atoms with van der Waals surface area (Å²) in [4.78, 5) is 14.7. The van der Waals surface area contributed by atoms with Gasteiger partial charge in [0.15, 0.2) is 0 Å². The third-order valence-electron chi connectivity index (χ3n) is 4.47. The van der Waals surface area contributed by atoms with Crippen molar-refractivity contribution in [3.05, 3.63) is 58.6 Å². The van der Waals surface area contributed by atoms with Crippen LogP contribution < -0.4 is 4.90 Å². The van der Waals surface area contributed by atoms with E-state index in [0.717, 1.165) is 11.3 Å². The van der Waals surface area contributed by atoms with Gasteiger partial charge in [-0.05, 0) is 43.7 Å². The number of sulfonamides is 1. The van der Waals surface area contributed by atoms with Crippen LogP contribution in [0.4, 0.5) is 5.69 Å². The van der Waals surface area contributed by atoms with Crippen LogP contribution >= 0.6 is 11.6 Å². The monoisotopic (exact) mass is 408 g/mol. The second kappa shape index (κ2) is 8.87. The predicted octanol–water partition coefficient (Wildman–Crippen LogP) is 4.35. The number of hydrogen-bond donors (Lipinski definition) is 0. The van der Waals surface area contributed by atoms with Crippen LogP contribution in [0.5, 0.6) is 0 Å². The van der Waals surface area contributed by atoms with Gasteiger partial charge in [0, 0.05) is 30.9 Å². The minimum Gasteiger partial charge on any atom is -0.308 e. The molecule has 0 spiro atoms. The van der Waals surface area contributed by atoms with Gasteiger partial charge in [0.25, 0.3) is 5.91 Å². The molecule has 0 saturated heterocycles. The van der Waals surface area contributed by atoms with Crippen molar-refractivity contribution in [1.82, 2.24) is 4.31 Å². The average Bonchev–Trinajstić information content (AvgIpc) is 2.64. The van der Waals surface area contributed by atoms with Crippen molar-refractivity contribution in [3.8, 4) is 0 Å². The van der Waals surface area contributed by atoms with Crippen LogP contribution in [0.25, 0.3) is 0 Å². The number of aryl methyl sites for hydroxylation is 1. The van der Waals surface area contributed by atoms with E-state index in [1.165, 1.54) is 16.4 Å². The lowest BCUT2D eigenvalue weighted by Crippen LogP contribution is -2.33. The number of carbonyl (C=O) groups excluding carboxylic acids is 1. The molecule has 1 amide bonds. The maximum Gasteiger partial charge on any atom is 0.258 e. The number of halogens is 1. The number of carbonyl (C=O) groups is 1. The minimum atomic E-state index is -3.76. The number of rotatable bonds is 7. The lowest BCUT2D eigenvalue weighted by atomic mass is 10.1. The molecule has 0 atom stereocenters. The Bertz CT molecular complexity index is 925. The summed E-state index contributed by atoms with van der Waals surface area (Å²) in [6.45, 7) is 8.47. The van der Waals surface area contributed by atoms with Crippen LogP contribution in [0.1, 0.15) is 36.7 Å². The summed E-state index contributed by atoms with van der Waals surface area (Å²) >= 11 is 6.17. The number of para-hydroxylation sites is 1. The molecule has 2 aromatic carbocycles. The van der Waals surface area contributed by atoms with Gasteiger partial charge in [0.05, 0.1) is 5.02 Å². The molecule has 0 heterocycles. The first-order valence-corrected chi connectivity index (χ1v) is 10.8. The zero-order chi connectivity index (χ0) is 20.2. The van der Waals surface area contributed by atoms with Crippen molar-refractivity contribution in [2.45, 2.75) is 32.6 Å².